The SMILES string of the molecule is CCCC(O)CCCCCCCc1cc(C)cc(O)c1. The molecule has 0 saturated carbocycles. The standard InChI is InChI=1S/C18H30O2/c1-3-9-17(19)11-8-6-4-5-7-10-16-12-15(2)13-18(20)14-16/h12-14,17,19-20H,3-11H2,1-2H3. The van der Waals surface area contributed by atoms with Gasteiger partial charge in [-0.1, -0.05) is 45.1 Å². The van der Waals surface area contributed by atoms with Crippen molar-refractivity contribution in [2.45, 2.75) is 77.7 Å². The zero-order valence-electron chi connectivity index (χ0n) is 13.1. The predicted octanol–water partition coefficient (Wildman–Crippen LogP) is 4.74. The summed E-state index contributed by atoms with van der Waals surface area (Å²) in [7, 11) is 0. The third-order valence-electron chi connectivity index (χ3n) is 3.75. The Morgan fingerprint density at radius 3 is 2.35 bits per heavy atom. The Morgan fingerprint density at radius 2 is 1.65 bits per heavy atom. The molecule has 0 heterocycles. The lowest BCUT2D eigenvalue weighted by atomic mass is 10.0. The van der Waals surface area contributed by atoms with Crippen LogP contribution in [-0.2, 0) is 6.42 Å². The van der Waals surface area contributed by atoms with Crippen LogP contribution in [0.1, 0.15) is 69.4 Å². The average Bonchev–Trinajstić information content (AvgIpc) is 2.36. The van der Waals surface area contributed by atoms with Gasteiger partial charge < -0.3 is 10.2 Å². The second-order valence-corrected chi connectivity index (χ2v) is 5.93. The van der Waals surface area contributed by atoms with Gasteiger partial charge in [0.25, 0.3) is 0 Å². The van der Waals surface area contributed by atoms with E-state index >= 15 is 0 Å². The lowest BCUT2D eigenvalue weighted by Gasteiger charge is -2.08. The molecule has 1 atom stereocenters. The van der Waals surface area contributed by atoms with Crippen molar-refractivity contribution in [2.24, 2.45) is 0 Å². The Labute approximate surface area is 123 Å². The summed E-state index contributed by atoms with van der Waals surface area (Å²) >= 11 is 0. The number of hydrogen-bond acceptors (Lipinski definition) is 2. The van der Waals surface area contributed by atoms with Gasteiger partial charge in [-0.25, -0.2) is 0 Å². The molecule has 1 aromatic rings. The summed E-state index contributed by atoms with van der Waals surface area (Å²) < 4.78 is 0. The fourth-order valence-corrected chi connectivity index (χ4v) is 2.70. The Balaban J connectivity index is 2.04. The maximum atomic E-state index is 9.63. The number of phenolic OH excluding ortho intramolecular Hbond substituents is 1. The molecule has 0 spiro atoms. The number of aliphatic hydroxyl groups is 1. The molecular formula is C18H30O2. The lowest BCUT2D eigenvalue weighted by molar-refractivity contribution is 0.150. The Morgan fingerprint density at radius 1 is 0.950 bits per heavy atom. The van der Waals surface area contributed by atoms with Crippen LogP contribution in [0.25, 0.3) is 0 Å². The van der Waals surface area contributed by atoms with Crippen molar-refractivity contribution in [3.8, 4) is 5.75 Å². The van der Waals surface area contributed by atoms with E-state index in [0.29, 0.717) is 5.75 Å². The summed E-state index contributed by atoms with van der Waals surface area (Å²) in [5.41, 5.74) is 2.37. The number of aromatic hydroxyl groups is 1. The molecule has 0 fully saturated rings. The van der Waals surface area contributed by atoms with E-state index in [0.717, 1.165) is 37.7 Å². The van der Waals surface area contributed by atoms with Crippen LogP contribution in [0.3, 0.4) is 0 Å². The molecule has 114 valence electrons. The molecule has 0 aliphatic rings. The van der Waals surface area contributed by atoms with Crippen molar-refractivity contribution in [3.05, 3.63) is 29.3 Å². The van der Waals surface area contributed by atoms with Gasteiger partial charge in [0.1, 0.15) is 5.75 Å². The van der Waals surface area contributed by atoms with Crippen molar-refractivity contribution in [3.63, 3.8) is 0 Å². The molecule has 1 aromatic carbocycles. The van der Waals surface area contributed by atoms with Crippen LogP contribution >= 0.6 is 0 Å². The zero-order chi connectivity index (χ0) is 14.8. The maximum absolute atomic E-state index is 9.63. The van der Waals surface area contributed by atoms with E-state index in [1.54, 1.807) is 6.07 Å². The summed E-state index contributed by atoms with van der Waals surface area (Å²) in [6.45, 7) is 4.14. The van der Waals surface area contributed by atoms with Crippen molar-refractivity contribution in [1.29, 1.82) is 0 Å². The lowest BCUT2D eigenvalue weighted by Crippen LogP contribution is -2.04. The highest BCUT2D eigenvalue weighted by Crippen LogP contribution is 2.18. The molecule has 0 bridgehead atoms. The molecular weight excluding hydrogens is 248 g/mol. The van der Waals surface area contributed by atoms with Gasteiger partial charge in [-0.2, -0.15) is 0 Å². The van der Waals surface area contributed by atoms with Gasteiger partial charge in [0, 0.05) is 0 Å². The second kappa shape index (κ2) is 9.82. The van der Waals surface area contributed by atoms with E-state index in [9.17, 15) is 10.2 Å². The van der Waals surface area contributed by atoms with Crippen LogP contribution in [0, 0.1) is 6.92 Å². The predicted molar refractivity (Wildman–Crippen MR) is 85.2 cm³/mol. The molecule has 0 saturated heterocycles. The molecule has 2 nitrogen and oxygen atoms in total. The average molecular weight is 278 g/mol. The Hall–Kier alpha value is -1.02. The first-order valence-corrected chi connectivity index (χ1v) is 8.09. The smallest absolute Gasteiger partial charge is 0.116 e. The minimum Gasteiger partial charge on any atom is -0.508 e. The number of aliphatic hydroxyl groups excluding tert-OH is 1. The quantitative estimate of drug-likeness (QED) is 0.607. The molecule has 1 rings (SSSR count). The Kier molecular flexibility index (Phi) is 8.36. The fraction of sp³-hybridized carbons (Fsp3) is 0.667. The van der Waals surface area contributed by atoms with Gasteiger partial charge in [-0.05, 0) is 55.9 Å². The minimum atomic E-state index is -0.0877. The number of aryl methyl sites for hydroxylation is 2. The van der Waals surface area contributed by atoms with E-state index in [1.165, 1.54) is 31.2 Å². The molecule has 0 amide bonds. The highest BCUT2D eigenvalue weighted by molar-refractivity contribution is 5.32. The molecule has 1 unspecified atom stereocenters. The Bertz CT molecular complexity index is 353. The number of hydrogen-bond donors (Lipinski definition) is 2. The van der Waals surface area contributed by atoms with Crippen LogP contribution < -0.4 is 0 Å². The molecule has 0 aliphatic heterocycles. The van der Waals surface area contributed by atoms with E-state index in [2.05, 4.69) is 13.0 Å². The first-order chi connectivity index (χ1) is 9.61. The highest BCUT2D eigenvalue weighted by Gasteiger charge is 2.02. The van der Waals surface area contributed by atoms with Gasteiger partial charge in [-0.15, -0.1) is 0 Å². The van der Waals surface area contributed by atoms with Crippen LogP contribution in [0.2, 0.25) is 0 Å². The van der Waals surface area contributed by atoms with Crippen molar-refractivity contribution in [2.75, 3.05) is 0 Å². The van der Waals surface area contributed by atoms with Gasteiger partial charge in [0.15, 0.2) is 0 Å². The first-order valence-electron chi connectivity index (χ1n) is 8.09. The summed E-state index contributed by atoms with van der Waals surface area (Å²) in [4.78, 5) is 0. The van der Waals surface area contributed by atoms with E-state index in [-0.39, 0.29) is 6.10 Å². The van der Waals surface area contributed by atoms with Crippen LogP contribution in [-0.4, -0.2) is 16.3 Å². The van der Waals surface area contributed by atoms with Crippen LogP contribution in [0.15, 0.2) is 18.2 Å². The largest absolute Gasteiger partial charge is 0.508 e. The van der Waals surface area contributed by atoms with Crippen molar-refractivity contribution < 1.29 is 10.2 Å². The number of phenols is 1. The first kappa shape index (κ1) is 17.0. The van der Waals surface area contributed by atoms with Gasteiger partial charge >= 0.3 is 0 Å². The molecule has 20 heavy (non-hydrogen) atoms. The molecule has 0 radical (unpaired) electrons. The fourth-order valence-electron chi connectivity index (χ4n) is 2.70. The van der Waals surface area contributed by atoms with Crippen molar-refractivity contribution in [1.82, 2.24) is 0 Å². The van der Waals surface area contributed by atoms with Crippen molar-refractivity contribution >= 4 is 0 Å². The second-order valence-electron chi connectivity index (χ2n) is 5.93. The zero-order valence-corrected chi connectivity index (χ0v) is 13.1. The topological polar surface area (TPSA) is 40.5 Å². The number of benzene rings is 1. The minimum absolute atomic E-state index is 0.0877. The maximum Gasteiger partial charge on any atom is 0.116 e. The third kappa shape index (κ3) is 7.54. The highest BCUT2D eigenvalue weighted by atomic mass is 16.3. The normalized spacial score (nSPS) is 12.6. The molecule has 0 aliphatic carbocycles. The summed E-state index contributed by atoms with van der Waals surface area (Å²) in [5.74, 6) is 0.380. The summed E-state index contributed by atoms with van der Waals surface area (Å²) in [5, 5.41) is 19.2. The van der Waals surface area contributed by atoms with Gasteiger partial charge in [0.2, 0.25) is 0 Å². The molecule has 2 N–H and O–H groups in total. The third-order valence-corrected chi connectivity index (χ3v) is 3.75. The summed E-state index contributed by atoms with van der Waals surface area (Å²) in [6.07, 6.45) is 9.96. The van der Waals surface area contributed by atoms with Crippen LogP contribution in [0.5, 0.6) is 5.75 Å². The number of unbranched alkanes of at least 4 members (excludes halogenated alkanes) is 4. The van der Waals surface area contributed by atoms with E-state index in [4.69, 9.17) is 0 Å². The summed E-state index contributed by atoms with van der Waals surface area (Å²) in [6, 6.07) is 5.82. The van der Waals surface area contributed by atoms with Gasteiger partial charge in [-0.3, -0.25) is 0 Å². The molecule has 0 aromatic heterocycles. The monoisotopic (exact) mass is 278 g/mol. The molecule has 2 heteroatoms. The van der Waals surface area contributed by atoms with Crippen LogP contribution in [0.4, 0.5) is 0 Å². The van der Waals surface area contributed by atoms with E-state index < -0.39 is 0 Å². The number of rotatable bonds is 10. The van der Waals surface area contributed by atoms with E-state index in [1.807, 2.05) is 13.0 Å². The van der Waals surface area contributed by atoms with Gasteiger partial charge in [0.05, 0.1) is 6.10 Å².